The van der Waals surface area contributed by atoms with Crippen LogP contribution in [0.5, 0.6) is 5.75 Å². The molecule has 2 aromatic rings. The summed E-state index contributed by atoms with van der Waals surface area (Å²) in [7, 11) is -3.85. The molecule has 0 aliphatic carbocycles. The lowest BCUT2D eigenvalue weighted by molar-refractivity contribution is -0.117. The van der Waals surface area contributed by atoms with Crippen LogP contribution >= 0.6 is 11.6 Å². The number of nitrogens with one attached hydrogen (secondary N) is 1. The van der Waals surface area contributed by atoms with Crippen LogP contribution in [0.25, 0.3) is 0 Å². The molecule has 2 heterocycles. The summed E-state index contributed by atoms with van der Waals surface area (Å²) in [6, 6.07) is 7.39. The quantitative estimate of drug-likeness (QED) is 0.882. The van der Waals surface area contributed by atoms with Crippen molar-refractivity contribution in [3.63, 3.8) is 0 Å². The zero-order chi connectivity index (χ0) is 18.2. The Morgan fingerprint density at radius 2 is 2.12 bits per heavy atom. The number of sulfonamides is 1. The molecule has 0 fully saturated rings. The van der Waals surface area contributed by atoms with Crippen molar-refractivity contribution in [3.05, 3.63) is 41.6 Å². The number of rotatable bonds is 3. The van der Waals surface area contributed by atoms with Crippen molar-refractivity contribution >= 4 is 39.0 Å². The standard InChI is InChI=1S/C16H16ClN3O4S/c1-10-9-20(11(2)21)14-5-4-13(7-15(14)24-10)25(22,23)19-16-6-3-12(17)8-18-16/h3-8,10H,9H2,1-2H3,(H,18,19)/t10-/m1/s1. The van der Waals surface area contributed by atoms with Crippen LogP contribution in [0.3, 0.4) is 0 Å². The fourth-order valence-corrected chi connectivity index (χ4v) is 3.65. The molecule has 1 aliphatic rings. The molecule has 132 valence electrons. The molecule has 9 heteroatoms. The number of carbonyl (C=O) groups is 1. The summed E-state index contributed by atoms with van der Waals surface area (Å²) in [6.45, 7) is 3.69. The van der Waals surface area contributed by atoms with Gasteiger partial charge in [0.05, 0.1) is 22.2 Å². The lowest BCUT2D eigenvalue weighted by Crippen LogP contribution is -2.41. The van der Waals surface area contributed by atoms with Crippen molar-refractivity contribution in [2.24, 2.45) is 0 Å². The summed E-state index contributed by atoms with van der Waals surface area (Å²) in [5.41, 5.74) is 0.550. The van der Waals surface area contributed by atoms with E-state index in [-0.39, 0.29) is 22.7 Å². The Kier molecular flexibility index (Phi) is 4.57. The van der Waals surface area contributed by atoms with Gasteiger partial charge in [0.25, 0.3) is 10.0 Å². The van der Waals surface area contributed by atoms with Gasteiger partial charge in [-0.2, -0.15) is 0 Å². The summed E-state index contributed by atoms with van der Waals surface area (Å²) in [6.07, 6.45) is 1.11. The van der Waals surface area contributed by atoms with E-state index in [0.717, 1.165) is 0 Å². The Morgan fingerprint density at radius 3 is 2.76 bits per heavy atom. The fourth-order valence-electron chi connectivity index (χ4n) is 2.52. The Morgan fingerprint density at radius 1 is 1.36 bits per heavy atom. The summed E-state index contributed by atoms with van der Waals surface area (Å²) >= 11 is 5.74. The van der Waals surface area contributed by atoms with Crippen molar-refractivity contribution in [1.82, 2.24) is 4.98 Å². The Bertz CT molecular complexity index is 915. The molecule has 0 spiro atoms. The van der Waals surface area contributed by atoms with Crippen molar-refractivity contribution in [2.75, 3.05) is 16.2 Å². The molecule has 1 atom stereocenters. The van der Waals surface area contributed by atoms with Gasteiger partial charge in [0, 0.05) is 19.2 Å². The van der Waals surface area contributed by atoms with E-state index in [1.165, 1.54) is 37.4 Å². The third-order valence-electron chi connectivity index (χ3n) is 3.65. The average molecular weight is 382 g/mol. The second kappa shape index (κ2) is 6.53. The lowest BCUT2D eigenvalue weighted by atomic mass is 10.2. The highest BCUT2D eigenvalue weighted by atomic mass is 35.5. The zero-order valence-corrected chi connectivity index (χ0v) is 15.1. The molecule has 1 aliphatic heterocycles. The number of hydrogen-bond donors (Lipinski definition) is 1. The van der Waals surface area contributed by atoms with Gasteiger partial charge in [0.1, 0.15) is 17.7 Å². The molecule has 3 rings (SSSR count). The molecule has 7 nitrogen and oxygen atoms in total. The molecule has 0 bridgehead atoms. The van der Waals surface area contributed by atoms with Crippen molar-refractivity contribution in [2.45, 2.75) is 24.8 Å². The summed E-state index contributed by atoms with van der Waals surface area (Å²) in [5, 5.41) is 0.406. The Labute approximate surface area is 150 Å². The summed E-state index contributed by atoms with van der Waals surface area (Å²) in [5.74, 6) is 0.373. The smallest absolute Gasteiger partial charge is 0.263 e. The number of carbonyl (C=O) groups excluding carboxylic acids is 1. The molecule has 0 saturated heterocycles. The number of anilines is 2. The number of aromatic nitrogens is 1. The van der Waals surface area contributed by atoms with E-state index < -0.39 is 10.0 Å². The minimum absolute atomic E-state index is 0.0144. The maximum atomic E-state index is 12.5. The van der Waals surface area contributed by atoms with E-state index in [0.29, 0.717) is 23.0 Å². The number of pyridine rings is 1. The predicted molar refractivity (Wildman–Crippen MR) is 94.6 cm³/mol. The highest BCUT2D eigenvalue weighted by Gasteiger charge is 2.27. The van der Waals surface area contributed by atoms with Gasteiger partial charge in [-0.05, 0) is 31.2 Å². The largest absolute Gasteiger partial charge is 0.487 e. The second-order valence-corrected chi connectivity index (χ2v) is 7.77. The molecule has 1 aromatic carbocycles. The maximum absolute atomic E-state index is 12.5. The number of nitrogens with zero attached hydrogens (tertiary/aromatic N) is 2. The fraction of sp³-hybridized carbons (Fsp3) is 0.250. The van der Waals surface area contributed by atoms with Crippen molar-refractivity contribution in [1.29, 1.82) is 0 Å². The first-order valence-corrected chi connectivity index (χ1v) is 9.35. The third-order valence-corrected chi connectivity index (χ3v) is 5.22. The van der Waals surface area contributed by atoms with Crippen LogP contribution in [-0.2, 0) is 14.8 Å². The maximum Gasteiger partial charge on any atom is 0.263 e. The molecule has 1 amide bonds. The molecule has 0 saturated carbocycles. The highest BCUT2D eigenvalue weighted by molar-refractivity contribution is 7.92. The number of halogens is 1. The topological polar surface area (TPSA) is 88.6 Å². The Hall–Kier alpha value is -2.32. The molecular formula is C16H16ClN3O4S. The molecule has 0 unspecified atom stereocenters. The van der Waals surface area contributed by atoms with Gasteiger partial charge in [-0.1, -0.05) is 11.6 Å². The van der Waals surface area contributed by atoms with E-state index in [9.17, 15) is 13.2 Å². The first-order chi connectivity index (χ1) is 11.8. The van der Waals surface area contributed by atoms with E-state index >= 15 is 0 Å². The molecule has 1 aromatic heterocycles. The van der Waals surface area contributed by atoms with Crippen LogP contribution in [0, 0.1) is 0 Å². The number of ether oxygens (including phenoxy) is 1. The SMILES string of the molecule is CC(=O)N1C[C@@H](C)Oc2cc(S(=O)(=O)Nc3ccc(Cl)cn3)ccc21. The monoisotopic (exact) mass is 381 g/mol. The van der Waals surface area contributed by atoms with Gasteiger partial charge in [0.2, 0.25) is 5.91 Å². The number of benzene rings is 1. The molecule has 0 radical (unpaired) electrons. The van der Waals surface area contributed by atoms with Gasteiger partial charge in [-0.25, -0.2) is 13.4 Å². The number of hydrogen-bond acceptors (Lipinski definition) is 5. The van der Waals surface area contributed by atoms with E-state index in [1.54, 1.807) is 11.0 Å². The second-order valence-electron chi connectivity index (χ2n) is 5.65. The van der Waals surface area contributed by atoms with Crippen LogP contribution in [0.15, 0.2) is 41.4 Å². The van der Waals surface area contributed by atoms with E-state index in [2.05, 4.69) is 9.71 Å². The van der Waals surface area contributed by atoms with E-state index in [4.69, 9.17) is 16.3 Å². The number of fused-ring (bicyclic) bond motifs is 1. The summed E-state index contributed by atoms with van der Waals surface area (Å²) in [4.78, 5) is 17.3. The minimum Gasteiger partial charge on any atom is -0.487 e. The molecule has 1 N–H and O–H groups in total. The normalized spacial score (nSPS) is 16.8. The minimum atomic E-state index is -3.85. The average Bonchev–Trinajstić information content (AvgIpc) is 2.55. The van der Waals surface area contributed by atoms with Gasteiger partial charge in [-0.3, -0.25) is 9.52 Å². The summed E-state index contributed by atoms with van der Waals surface area (Å²) < 4.78 is 33.2. The molecule has 25 heavy (non-hydrogen) atoms. The van der Waals surface area contributed by atoms with Gasteiger partial charge < -0.3 is 9.64 Å². The highest BCUT2D eigenvalue weighted by Crippen LogP contribution is 2.35. The van der Waals surface area contributed by atoms with Gasteiger partial charge in [0.15, 0.2) is 0 Å². The first kappa shape index (κ1) is 17.5. The number of amides is 1. The lowest BCUT2D eigenvalue weighted by Gasteiger charge is -2.33. The Balaban J connectivity index is 1.94. The zero-order valence-electron chi connectivity index (χ0n) is 13.6. The van der Waals surface area contributed by atoms with Crippen LogP contribution in [0.1, 0.15) is 13.8 Å². The van der Waals surface area contributed by atoms with Crippen LogP contribution in [0.2, 0.25) is 5.02 Å². The predicted octanol–water partition coefficient (Wildman–Crippen LogP) is 2.67. The van der Waals surface area contributed by atoms with Crippen LogP contribution < -0.4 is 14.4 Å². The van der Waals surface area contributed by atoms with E-state index in [1.807, 2.05) is 6.92 Å². The van der Waals surface area contributed by atoms with Crippen LogP contribution in [0.4, 0.5) is 11.5 Å². The molecular weight excluding hydrogens is 366 g/mol. The first-order valence-electron chi connectivity index (χ1n) is 7.49. The van der Waals surface area contributed by atoms with Crippen molar-refractivity contribution in [3.8, 4) is 5.75 Å². The van der Waals surface area contributed by atoms with Gasteiger partial charge in [-0.15, -0.1) is 0 Å². The van der Waals surface area contributed by atoms with Crippen molar-refractivity contribution < 1.29 is 17.9 Å². The van der Waals surface area contributed by atoms with Crippen LogP contribution in [-0.4, -0.2) is 32.0 Å². The third kappa shape index (κ3) is 3.69. The van der Waals surface area contributed by atoms with Gasteiger partial charge >= 0.3 is 0 Å².